The number of carbonyl (C=O) groups excluding carboxylic acids is 1. The molecule has 2 aromatic carbocycles. The summed E-state index contributed by atoms with van der Waals surface area (Å²) in [5.41, 5.74) is 0.861. The van der Waals surface area contributed by atoms with E-state index >= 15 is 0 Å². The van der Waals surface area contributed by atoms with Gasteiger partial charge in [-0.3, -0.25) is 9.78 Å². The lowest BCUT2D eigenvalue weighted by Crippen LogP contribution is -2.23. The molecule has 1 saturated carbocycles. The first-order chi connectivity index (χ1) is 17.6. The molecule has 1 fully saturated rings. The number of amides is 1. The Kier molecular flexibility index (Phi) is 7.73. The van der Waals surface area contributed by atoms with Crippen LogP contribution in [0.4, 0.5) is 18.9 Å². The topological polar surface area (TPSA) is 88.5 Å². The molecule has 1 aromatic heterocycles. The standard InChI is InChI=1S/C27H24ClF3N2O4/c1-13-14(2)18(13)11-19(25(34)33-17-6-3-15(4-7-17)26(35)36)21-9-5-16(12-32-21)23-22(37-27(30)31)10-8-20(28)24(23)29/h3-10,12-14,18-19,27H,11H2,1-2H3,(H,33,34)(H,35,36). The minimum absolute atomic E-state index is 0.0934. The summed E-state index contributed by atoms with van der Waals surface area (Å²) in [6, 6.07) is 11.1. The number of carboxylic acids is 1. The molecule has 37 heavy (non-hydrogen) atoms. The molecule has 3 aromatic rings. The number of carboxylic acid groups (broad SMARTS) is 1. The Morgan fingerprint density at radius 1 is 1.08 bits per heavy atom. The van der Waals surface area contributed by atoms with Crippen LogP contribution in [0.1, 0.15) is 42.2 Å². The maximum atomic E-state index is 14.8. The maximum absolute atomic E-state index is 14.8. The molecule has 3 atom stereocenters. The zero-order valence-corrected chi connectivity index (χ0v) is 20.7. The summed E-state index contributed by atoms with van der Waals surface area (Å²) < 4.78 is 45.0. The average Bonchev–Trinajstić information content (AvgIpc) is 3.43. The number of aromatic nitrogens is 1. The van der Waals surface area contributed by atoms with E-state index in [0.717, 1.165) is 12.1 Å². The molecule has 4 rings (SSSR count). The number of aromatic carboxylic acids is 1. The van der Waals surface area contributed by atoms with Gasteiger partial charge in [0.25, 0.3) is 0 Å². The molecule has 0 bridgehead atoms. The number of hydrogen-bond donors (Lipinski definition) is 2. The SMILES string of the molecule is CC1C(C)C1CC(C(=O)Nc1ccc(C(=O)O)cc1)c1ccc(-c2c(OC(F)F)ccc(Cl)c2F)cn1. The Hall–Kier alpha value is -3.59. The van der Waals surface area contributed by atoms with Crippen molar-refractivity contribution in [2.45, 2.75) is 32.8 Å². The number of ether oxygens (including phenoxy) is 1. The fourth-order valence-corrected chi connectivity index (χ4v) is 4.67. The van der Waals surface area contributed by atoms with Crippen molar-refractivity contribution < 1.29 is 32.6 Å². The quantitative estimate of drug-likeness (QED) is 0.314. The lowest BCUT2D eigenvalue weighted by Gasteiger charge is -2.18. The first-order valence-electron chi connectivity index (χ1n) is 11.6. The van der Waals surface area contributed by atoms with Crippen molar-refractivity contribution in [2.24, 2.45) is 17.8 Å². The third-order valence-electron chi connectivity index (χ3n) is 6.97. The molecule has 1 aliphatic rings. The molecule has 194 valence electrons. The summed E-state index contributed by atoms with van der Waals surface area (Å²) in [5, 5.41) is 11.6. The molecule has 1 heterocycles. The number of alkyl halides is 2. The third kappa shape index (κ3) is 5.88. The number of rotatable bonds is 9. The highest BCUT2D eigenvalue weighted by molar-refractivity contribution is 6.31. The van der Waals surface area contributed by atoms with Gasteiger partial charge in [0, 0.05) is 17.4 Å². The van der Waals surface area contributed by atoms with Crippen LogP contribution in [0.5, 0.6) is 5.75 Å². The summed E-state index contributed by atoms with van der Waals surface area (Å²) in [5.74, 6) is -2.16. The molecule has 0 spiro atoms. The zero-order chi connectivity index (χ0) is 26.9. The van der Waals surface area contributed by atoms with Crippen molar-refractivity contribution in [3.63, 3.8) is 0 Å². The minimum Gasteiger partial charge on any atom is -0.478 e. The second kappa shape index (κ2) is 10.8. The highest BCUT2D eigenvalue weighted by atomic mass is 35.5. The molecule has 1 aliphatic carbocycles. The van der Waals surface area contributed by atoms with E-state index < -0.39 is 24.3 Å². The van der Waals surface area contributed by atoms with Gasteiger partial charge >= 0.3 is 12.6 Å². The first-order valence-corrected chi connectivity index (χ1v) is 12.0. The second-order valence-corrected chi connectivity index (χ2v) is 9.53. The molecule has 6 nitrogen and oxygen atoms in total. The highest BCUT2D eigenvalue weighted by Gasteiger charge is 2.45. The van der Waals surface area contributed by atoms with Gasteiger partial charge in [-0.2, -0.15) is 8.78 Å². The van der Waals surface area contributed by atoms with Gasteiger partial charge in [0.1, 0.15) is 5.75 Å². The number of nitrogens with one attached hydrogen (secondary N) is 1. The molecule has 2 N–H and O–H groups in total. The van der Waals surface area contributed by atoms with Crippen molar-refractivity contribution in [3.8, 4) is 16.9 Å². The van der Waals surface area contributed by atoms with E-state index in [4.69, 9.17) is 16.7 Å². The van der Waals surface area contributed by atoms with Crippen molar-refractivity contribution in [1.29, 1.82) is 0 Å². The van der Waals surface area contributed by atoms with E-state index in [1.54, 1.807) is 6.07 Å². The van der Waals surface area contributed by atoms with Gasteiger partial charge in [-0.1, -0.05) is 31.5 Å². The van der Waals surface area contributed by atoms with Crippen LogP contribution >= 0.6 is 11.6 Å². The molecule has 10 heteroatoms. The second-order valence-electron chi connectivity index (χ2n) is 9.13. The molecule has 0 aliphatic heterocycles. The van der Waals surface area contributed by atoms with Gasteiger partial charge in [0.05, 0.1) is 27.8 Å². The molecule has 3 unspecified atom stereocenters. The van der Waals surface area contributed by atoms with Crippen LogP contribution in [0.2, 0.25) is 5.02 Å². The molecular weight excluding hydrogens is 509 g/mol. The minimum atomic E-state index is -3.16. The Balaban J connectivity index is 1.62. The largest absolute Gasteiger partial charge is 0.478 e. The Morgan fingerprint density at radius 3 is 2.30 bits per heavy atom. The van der Waals surface area contributed by atoms with Crippen LogP contribution in [-0.2, 0) is 4.79 Å². The number of benzene rings is 2. The number of carbonyl (C=O) groups is 2. The van der Waals surface area contributed by atoms with Crippen LogP contribution in [0.15, 0.2) is 54.7 Å². The fraction of sp³-hybridized carbons (Fsp3) is 0.296. The Bertz CT molecular complexity index is 1290. The lowest BCUT2D eigenvalue weighted by atomic mass is 9.94. The van der Waals surface area contributed by atoms with Crippen molar-refractivity contribution in [2.75, 3.05) is 5.32 Å². The molecular formula is C27H24ClF3N2O4. The van der Waals surface area contributed by atoms with Crippen LogP contribution in [0, 0.1) is 23.6 Å². The predicted molar refractivity (Wildman–Crippen MR) is 132 cm³/mol. The maximum Gasteiger partial charge on any atom is 0.387 e. The summed E-state index contributed by atoms with van der Waals surface area (Å²) in [7, 11) is 0. The summed E-state index contributed by atoms with van der Waals surface area (Å²) in [4.78, 5) is 28.8. The number of anilines is 1. The number of nitrogens with zero attached hydrogens (tertiary/aromatic N) is 1. The normalized spacial score (nSPS) is 19.4. The van der Waals surface area contributed by atoms with Crippen molar-refractivity contribution in [3.05, 3.63) is 76.8 Å². The van der Waals surface area contributed by atoms with Gasteiger partial charge in [-0.25, -0.2) is 9.18 Å². The van der Waals surface area contributed by atoms with Gasteiger partial charge in [0.15, 0.2) is 5.82 Å². The van der Waals surface area contributed by atoms with Crippen LogP contribution in [-0.4, -0.2) is 28.6 Å². The van der Waals surface area contributed by atoms with Gasteiger partial charge < -0.3 is 15.2 Å². The van der Waals surface area contributed by atoms with E-state index in [2.05, 4.69) is 28.9 Å². The van der Waals surface area contributed by atoms with E-state index in [9.17, 15) is 22.8 Å². The van der Waals surface area contributed by atoms with Gasteiger partial charge in [0.2, 0.25) is 5.91 Å². The van der Waals surface area contributed by atoms with Crippen LogP contribution in [0.25, 0.3) is 11.1 Å². The van der Waals surface area contributed by atoms with Crippen molar-refractivity contribution in [1.82, 2.24) is 4.98 Å². The average molecular weight is 533 g/mol. The third-order valence-corrected chi connectivity index (χ3v) is 7.26. The van der Waals surface area contributed by atoms with Crippen LogP contribution < -0.4 is 10.1 Å². The number of halogens is 4. The summed E-state index contributed by atoms with van der Waals surface area (Å²) >= 11 is 5.87. The van der Waals surface area contributed by atoms with E-state index in [1.807, 2.05) is 0 Å². The summed E-state index contributed by atoms with van der Waals surface area (Å²) in [6.07, 6.45) is 1.82. The van der Waals surface area contributed by atoms with Gasteiger partial charge in [-0.05, 0) is 66.6 Å². The summed E-state index contributed by atoms with van der Waals surface area (Å²) in [6.45, 7) is 1.06. The Labute approximate surface area is 216 Å². The van der Waals surface area contributed by atoms with Gasteiger partial charge in [-0.15, -0.1) is 0 Å². The number of hydrogen-bond acceptors (Lipinski definition) is 4. The first kappa shape index (κ1) is 26.5. The Morgan fingerprint density at radius 2 is 1.76 bits per heavy atom. The fourth-order valence-electron chi connectivity index (χ4n) is 4.51. The smallest absolute Gasteiger partial charge is 0.387 e. The number of pyridine rings is 1. The highest BCUT2D eigenvalue weighted by Crippen LogP contribution is 2.50. The molecule has 0 saturated heterocycles. The van der Waals surface area contributed by atoms with E-state index in [-0.39, 0.29) is 33.4 Å². The molecule has 0 radical (unpaired) electrons. The predicted octanol–water partition coefficient (Wildman–Crippen LogP) is 6.86. The van der Waals surface area contributed by atoms with Crippen molar-refractivity contribution >= 4 is 29.2 Å². The zero-order valence-electron chi connectivity index (χ0n) is 19.9. The van der Waals surface area contributed by atoms with E-state index in [0.29, 0.717) is 35.6 Å². The lowest BCUT2D eigenvalue weighted by molar-refractivity contribution is -0.118. The molecule has 1 amide bonds. The monoisotopic (exact) mass is 532 g/mol. The van der Waals surface area contributed by atoms with Crippen LogP contribution in [0.3, 0.4) is 0 Å². The van der Waals surface area contributed by atoms with E-state index in [1.165, 1.54) is 36.5 Å².